The van der Waals surface area contributed by atoms with Crippen LogP contribution < -0.4 is 5.32 Å². The van der Waals surface area contributed by atoms with Crippen molar-refractivity contribution in [3.05, 3.63) is 0 Å². The maximum atomic E-state index is 12.4. The molecule has 0 radical (unpaired) electrons. The molecule has 0 aromatic carbocycles. The first kappa shape index (κ1) is 13.5. The van der Waals surface area contributed by atoms with E-state index in [-0.39, 0.29) is 0 Å². The smallest absolute Gasteiger partial charge is 0.347 e. The fourth-order valence-corrected chi connectivity index (χ4v) is 1.29. The summed E-state index contributed by atoms with van der Waals surface area (Å²) in [6.07, 6.45) is -2.25. The average molecular weight is 233 g/mol. The molecule has 0 aliphatic carbocycles. The van der Waals surface area contributed by atoms with Gasteiger partial charge in [-0.15, -0.1) is 0 Å². The summed E-state index contributed by atoms with van der Waals surface area (Å²) in [5, 5.41) is 1.81. The van der Waals surface area contributed by atoms with Crippen LogP contribution in [0, 0.1) is 0 Å². The van der Waals surface area contributed by atoms with Crippen molar-refractivity contribution in [1.29, 1.82) is 0 Å². The number of thioether (sulfide) groups is 1. The number of carbonyl (C=O) groups is 1. The van der Waals surface area contributed by atoms with Crippen molar-refractivity contribution >= 4 is 17.7 Å². The Morgan fingerprint density at radius 1 is 1.50 bits per heavy atom. The quantitative estimate of drug-likeness (QED) is 0.733. The molecule has 0 heterocycles. The summed E-state index contributed by atoms with van der Waals surface area (Å²) in [7, 11) is 0. The molecule has 1 N–H and O–H groups in total. The highest BCUT2D eigenvalue weighted by Crippen LogP contribution is 2.22. The molecule has 0 aliphatic rings. The standard InChI is InChI=1S/C7H11F4NOS/c1-4(3-14-2)12-6(13)7(10,11)5(8)9/h4-5H,3H2,1-2H3,(H,12,13). The molecule has 0 saturated heterocycles. The number of alkyl halides is 4. The van der Waals surface area contributed by atoms with Gasteiger partial charge in [-0.2, -0.15) is 20.5 Å². The van der Waals surface area contributed by atoms with E-state index in [2.05, 4.69) is 0 Å². The van der Waals surface area contributed by atoms with Crippen LogP contribution >= 0.6 is 11.8 Å². The van der Waals surface area contributed by atoms with Gasteiger partial charge in [0.15, 0.2) is 0 Å². The molecule has 1 amide bonds. The van der Waals surface area contributed by atoms with Crippen LogP contribution in [-0.2, 0) is 4.79 Å². The van der Waals surface area contributed by atoms with E-state index < -0.39 is 24.3 Å². The van der Waals surface area contributed by atoms with Crippen molar-refractivity contribution in [3.63, 3.8) is 0 Å². The maximum absolute atomic E-state index is 12.4. The number of hydrogen-bond acceptors (Lipinski definition) is 2. The van der Waals surface area contributed by atoms with E-state index in [1.807, 2.05) is 5.32 Å². The normalized spacial score (nSPS) is 14.2. The molecule has 0 saturated carbocycles. The zero-order valence-corrected chi connectivity index (χ0v) is 8.51. The van der Waals surface area contributed by atoms with E-state index >= 15 is 0 Å². The first-order chi connectivity index (χ1) is 6.32. The second-order valence-corrected chi connectivity index (χ2v) is 3.66. The number of rotatable bonds is 5. The third kappa shape index (κ3) is 3.73. The van der Waals surface area contributed by atoms with Crippen molar-refractivity contribution in [2.24, 2.45) is 0 Å². The van der Waals surface area contributed by atoms with Crippen molar-refractivity contribution in [3.8, 4) is 0 Å². The van der Waals surface area contributed by atoms with Crippen LogP contribution in [0.25, 0.3) is 0 Å². The molecular formula is C7H11F4NOS. The van der Waals surface area contributed by atoms with E-state index in [1.54, 1.807) is 6.26 Å². The average Bonchev–Trinajstić information content (AvgIpc) is 2.03. The molecule has 7 heteroatoms. The summed E-state index contributed by atoms with van der Waals surface area (Å²) in [4.78, 5) is 10.6. The fraction of sp³-hybridized carbons (Fsp3) is 0.857. The lowest BCUT2D eigenvalue weighted by Crippen LogP contribution is -2.48. The monoisotopic (exact) mass is 233 g/mol. The minimum absolute atomic E-state index is 0.394. The highest BCUT2D eigenvalue weighted by Gasteiger charge is 2.49. The minimum Gasteiger partial charge on any atom is -0.347 e. The van der Waals surface area contributed by atoms with Crippen LogP contribution in [0.2, 0.25) is 0 Å². The highest BCUT2D eigenvalue weighted by atomic mass is 32.2. The highest BCUT2D eigenvalue weighted by molar-refractivity contribution is 7.98. The molecule has 0 spiro atoms. The van der Waals surface area contributed by atoms with Gasteiger partial charge >= 0.3 is 12.3 Å². The lowest BCUT2D eigenvalue weighted by atomic mass is 10.3. The number of hydrogen-bond donors (Lipinski definition) is 1. The first-order valence-electron chi connectivity index (χ1n) is 3.78. The largest absolute Gasteiger partial charge is 0.383 e. The zero-order chi connectivity index (χ0) is 11.4. The van der Waals surface area contributed by atoms with Crippen molar-refractivity contribution in [2.75, 3.05) is 12.0 Å². The van der Waals surface area contributed by atoms with Gasteiger partial charge in [0.1, 0.15) is 0 Å². The molecule has 84 valence electrons. The molecule has 0 aromatic rings. The van der Waals surface area contributed by atoms with E-state index in [0.717, 1.165) is 0 Å². The number of amides is 1. The molecule has 0 fully saturated rings. The van der Waals surface area contributed by atoms with Gasteiger partial charge in [-0.1, -0.05) is 0 Å². The Morgan fingerprint density at radius 3 is 2.36 bits per heavy atom. The summed E-state index contributed by atoms with van der Waals surface area (Å²) in [5.74, 6) is -6.13. The molecule has 2 nitrogen and oxygen atoms in total. The third-order valence-electron chi connectivity index (χ3n) is 1.37. The lowest BCUT2D eigenvalue weighted by Gasteiger charge is -2.18. The molecule has 0 rings (SSSR count). The third-order valence-corrected chi connectivity index (χ3v) is 2.20. The van der Waals surface area contributed by atoms with Crippen LogP contribution in [0.5, 0.6) is 0 Å². The summed E-state index contributed by atoms with van der Waals surface area (Å²) in [5.41, 5.74) is 0. The van der Waals surface area contributed by atoms with E-state index in [4.69, 9.17) is 0 Å². The molecule has 1 unspecified atom stereocenters. The van der Waals surface area contributed by atoms with Gasteiger partial charge in [-0.3, -0.25) is 4.79 Å². The zero-order valence-electron chi connectivity index (χ0n) is 7.69. The second kappa shape index (κ2) is 5.43. The predicted octanol–water partition coefficient (Wildman–Crippen LogP) is 1.75. The SMILES string of the molecule is CSCC(C)NC(=O)C(F)(F)C(F)F. The fourth-order valence-electron chi connectivity index (χ4n) is 0.711. The van der Waals surface area contributed by atoms with Gasteiger partial charge in [0, 0.05) is 11.8 Å². The summed E-state index contributed by atoms with van der Waals surface area (Å²) < 4.78 is 48.1. The molecule has 0 aromatic heterocycles. The predicted molar refractivity (Wildman–Crippen MR) is 46.9 cm³/mol. The summed E-state index contributed by atoms with van der Waals surface area (Å²) >= 11 is 1.32. The van der Waals surface area contributed by atoms with Gasteiger partial charge in [-0.25, -0.2) is 8.78 Å². The van der Waals surface area contributed by atoms with Gasteiger partial charge in [0.2, 0.25) is 0 Å². The minimum atomic E-state index is -4.60. The topological polar surface area (TPSA) is 29.1 Å². The summed E-state index contributed by atoms with van der Waals surface area (Å²) in [6, 6.07) is -0.554. The van der Waals surface area contributed by atoms with E-state index in [9.17, 15) is 22.4 Å². The number of halogens is 4. The van der Waals surface area contributed by atoms with Crippen LogP contribution in [0.15, 0.2) is 0 Å². The number of nitrogens with one attached hydrogen (secondary N) is 1. The summed E-state index contributed by atoms with van der Waals surface area (Å²) in [6.45, 7) is 1.47. The second-order valence-electron chi connectivity index (χ2n) is 2.75. The Labute approximate surface area is 83.4 Å². The first-order valence-corrected chi connectivity index (χ1v) is 5.17. The lowest BCUT2D eigenvalue weighted by molar-refractivity contribution is -0.169. The molecule has 14 heavy (non-hydrogen) atoms. The Balaban J connectivity index is 4.20. The van der Waals surface area contributed by atoms with Crippen LogP contribution in [-0.4, -0.2) is 36.3 Å². The van der Waals surface area contributed by atoms with Crippen LogP contribution in [0.3, 0.4) is 0 Å². The van der Waals surface area contributed by atoms with Gasteiger partial charge < -0.3 is 5.32 Å². The van der Waals surface area contributed by atoms with Gasteiger partial charge in [0.05, 0.1) is 0 Å². The van der Waals surface area contributed by atoms with Crippen molar-refractivity contribution in [2.45, 2.75) is 25.3 Å². The van der Waals surface area contributed by atoms with E-state index in [1.165, 1.54) is 18.7 Å². The Morgan fingerprint density at radius 2 is 2.00 bits per heavy atom. The number of carbonyl (C=O) groups excluding carboxylic acids is 1. The van der Waals surface area contributed by atoms with Gasteiger partial charge in [0.25, 0.3) is 5.91 Å². The van der Waals surface area contributed by atoms with Gasteiger partial charge in [-0.05, 0) is 13.2 Å². The molecule has 0 aliphatic heterocycles. The molecular weight excluding hydrogens is 222 g/mol. The maximum Gasteiger partial charge on any atom is 0.383 e. The Kier molecular flexibility index (Phi) is 5.25. The van der Waals surface area contributed by atoms with Crippen LogP contribution in [0.1, 0.15) is 6.92 Å². The van der Waals surface area contributed by atoms with Crippen LogP contribution in [0.4, 0.5) is 17.6 Å². The molecule has 0 bridgehead atoms. The van der Waals surface area contributed by atoms with E-state index in [0.29, 0.717) is 5.75 Å². The van der Waals surface area contributed by atoms with Crippen molar-refractivity contribution < 1.29 is 22.4 Å². The molecule has 1 atom stereocenters. The van der Waals surface area contributed by atoms with Crippen molar-refractivity contribution in [1.82, 2.24) is 5.32 Å². The Bertz CT molecular complexity index is 200. The Hall–Kier alpha value is -0.460.